The van der Waals surface area contributed by atoms with Crippen LogP contribution in [-0.2, 0) is 18.2 Å². The summed E-state index contributed by atoms with van der Waals surface area (Å²) in [6, 6.07) is 8.21. The van der Waals surface area contributed by atoms with Crippen molar-refractivity contribution < 1.29 is 4.39 Å². The highest BCUT2D eigenvalue weighted by atomic mass is 32.2. The van der Waals surface area contributed by atoms with Gasteiger partial charge in [-0.2, -0.15) is 0 Å². The van der Waals surface area contributed by atoms with Crippen LogP contribution in [0.1, 0.15) is 32.0 Å². The van der Waals surface area contributed by atoms with Gasteiger partial charge in [0.25, 0.3) is 5.56 Å². The Morgan fingerprint density at radius 2 is 1.95 bits per heavy atom. The van der Waals surface area contributed by atoms with Crippen molar-refractivity contribution in [1.82, 2.24) is 9.55 Å². The standard InChI is InChI=1S/C16H19FN2OS/c1-16(2,3)13-9-14(20)19(4)15(18-13)21-10-11-7-5-6-8-12(11)17/h5-9H,10H2,1-4H3. The third-order valence-electron chi connectivity index (χ3n) is 3.18. The molecular formula is C16H19FN2OS. The SMILES string of the molecule is Cn1c(SCc2ccccc2F)nc(C(C)(C)C)cc1=O. The van der Waals surface area contributed by atoms with Gasteiger partial charge >= 0.3 is 0 Å². The maximum atomic E-state index is 13.6. The summed E-state index contributed by atoms with van der Waals surface area (Å²) in [6.07, 6.45) is 0. The third-order valence-corrected chi connectivity index (χ3v) is 4.26. The summed E-state index contributed by atoms with van der Waals surface area (Å²) in [5.74, 6) is 0.211. The summed E-state index contributed by atoms with van der Waals surface area (Å²) >= 11 is 1.37. The van der Waals surface area contributed by atoms with Gasteiger partial charge in [0.2, 0.25) is 0 Å². The van der Waals surface area contributed by atoms with Crippen LogP contribution in [0.4, 0.5) is 4.39 Å². The average Bonchev–Trinajstić information content (AvgIpc) is 2.40. The van der Waals surface area contributed by atoms with Gasteiger partial charge < -0.3 is 0 Å². The Morgan fingerprint density at radius 3 is 2.57 bits per heavy atom. The summed E-state index contributed by atoms with van der Waals surface area (Å²) in [4.78, 5) is 16.6. The first kappa shape index (κ1) is 15.8. The van der Waals surface area contributed by atoms with Crippen LogP contribution in [0.5, 0.6) is 0 Å². The van der Waals surface area contributed by atoms with Crippen molar-refractivity contribution >= 4 is 11.8 Å². The van der Waals surface area contributed by atoms with Gasteiger partial charge in [-0.05, 0) is 11.6 Å². The quantitative estimate of drug-likeness (QED) is 0.643. The van der Waals surface area contributed by atoms with Crippen molar-refractivity contribution in [1.29, 1.82) is 0 Å². The predicted octanol–water partition coefficient (Wildman–Crippen LogP) is 3.51. The summed E-state index contributed by atoms with van der Waals surface area (Å²) in [5, 5.41) is 0.607. The maximum Gasteiger partial charge on any atom is 0.254 e. The summed E-state index contributed by atoms with van der Waals surface area (Å²) in [6.45, 7) is 6.04. The highest BCUT2D eigenvalue weighted by Crippen LogP contribution is 2.24. The number of nitrogens with zero attached hydrogens (tertiary/aromatic N) is 2. The smallest absolute Gasteiger partial charge is 0.254 e. The molecular weight excluding hydrogens is 287 g/mol. The molecule has 0 saturated heterocycles. The predicted molar refractivity (Wildman–Crippen MR) is 84.1 cm³/mol. The fourth-order valence-corrected chi connectivity index (χ4v) is 2.75. The van der Waals surface area contributed by atoms with E-state index in [-0.39, 0.29) is 16.8 Å². The minimum Gasteiger partial charge on any atom is -0.291 e. The van der Waals surface area contributed by atoms with Gasteiger partial charge in [-0.15, -0.1) is 0 Å². The van der Waals surface area contributed by atoms with Crippen LogP contribution in [0.25, 0.3) is 0 Å². The van der Waals surface area contributed by atoms with Gasteiger partial charge in [-0.25, -0.2) is 9.37 Å². The molecule has 2 aromatic rings. The summed E-state index contributed by atoms with van der Waals surface area (Å²) in [5.41, 5.74) is 1.08. The van der Waals surface area contributed by atoms with E-state index in [0.29, 0.717) is 16.5 Å². The molecule has 0 radical (unpaired) electrons. The van der Waals surface area contributed by atoms with Crippen LogP contribution in [0.15, 0.2) is 40.3 Å². The Kier molecular flexibility index (Phi) is 4.52. The van der Waals surface area contributed by atoms with Crippen molar-refractivity contribution in [2.24, 2.45) is 7.05 Å². The van der Waals surface area contributed by atoms with Gasteiger partial charge in [0, 0.05) is 24.3 Å². The lowest BCUT2D eigenvalue weighted by atomic mass is 9.92. The number of benzene rings is 1. The lowest BCUT2D eigenvalue weighted by Gasteiger charge is -2.19. The van der Waals surface area contributed by atoms with Crippen molar-refractivity contribution in [3.8, 4) is 0 Å². The first-order valence-corrected chi connectivity index (χ1v) is 7.72. The molecule has 0 bridgehead atoms. The van der Waals surface area contributed by atoms with Gasteiger partial charge in [-0.1, -0.05) is 50.7 Å². The Labute approximate surface area is 128 Å². The highest BCUT2D eigenvalue weighted by molar-refractivity contribution is 7.98. The molecule has 3 nitrogen and oxygen atoms in total. The number of hydrogen-bond acceptors (Lipinski definition) is 3. The van der Waals surface area contributed by atoms with E-state index in [2.05, 4.69) is 4.98 Å². The van der Waals surface area contributed by atoms with E-state index in [9.17, 15) is 9.18 Å². The molecule has 2 rings (SSSR count). The third kappa shape index (κ3) is 3.73. The van der Waals surface area contributed by atoms with Gasteiger partial charge in [-0.3, -0.25) is 9.36 Å². The number of rotatable bonds is 3. The van der Waals surface area contributed by atoms with Crippen LogP contribution in [0.2, 0.25) is 0 Å². The molecule has 0 amide bonds. The molecule has 0 atom stereocenters. The van der Waals surface area contributed by atoms with Gasteiger partial charge in [0.15, 0.2) is 5.16 Å². The normalized spacial score (nSPS) is 11.7. The molecule has 0 spiro atoms. The summed E-state index contributed by atoms with van der Waals surface area (Å²) < 4.78 is 15.1. The Hall–Kier alpha value is -1.62. The second kappa shape index (κ2) is 6.02. The van der Waals surface area contributed by atoms with E-state index >= 15 is 0 Å². The van der Waals surface area contributed by atoms with Crippen molar-refractivity contribution in [2.75, 3.05) is 0 Å². The fourth-order valence-electron chi connectivity index (χ4n) is 1.79. The summed E-state index contributed by atoms with van der Waals surface area (Å²) in [7, 11) is 1.69. The highest BCUT2D eigenvalue weighted by Gasteiger charge is 2.18. The van der Waals surface area contributed by atoms with E-state index in [0.717, 1.165) is 5.69 Å². The minimum atomic E-state index is -0.234. The lowest BCUT2D eigenvalue weighted by Crippen LogP contribution is -2.25. The molecule has 0 N–H and O–H groups in total. The Balaban J connectivity index is 2.30. The fraction of sp³-hybridized carbons (Fsp3) is 0.375. The van der Waals surface area contributed by atoms with Crippen LogP contribution >= 0.6 is 11.8 Å². The van der Waals surface area contributed by atoms with Gasteiger partial charge in [0.05, 0.1) is 5.69 Å². The van der Waals surface area contributed by atoms with E-state index < -0.39 is 0 Å². The number of aromatic nitrogens is 2. The molecule has 0 unspecified atom stereocenters. The van der Waals surface area contributed by atoms with Crippen molar-refractivity contribution in [3.05, 3.63) is 57.8 Å². The Bertz CT molecular complexity index is 704. The van der Waals surface area contributed by atoms with E-state index in [1.54, 1.807) is 31.3 Å². The zero-order chi connectivity index (χ0) is 15.6. The van der Waals surface area contributed by atoms with E-state index in [1.165, 1.54) is 22.4 Å². The maximum absolute atomic E-state index is 13.6. The monoisotopic (exact) mass is 306 g/mol. The van der Waals surface area contributed by atoms with Crippen molar-refractivity contribution in [2.45, 2.75) is 37.1 Å². The van der Waals surface area contributed by atoms with E-state index in [1.807, 2.05) is 20.8 Å². The van der Waals surface area contributed by atoms with E-state index in [4.69, 9.17) is 0 Å². The van der Waals surface area contributed by atoms with Crippen LogP contribution < -0.4 is 5.56 Å². The van der Waals surface area contributed by atoms with Crippen LogP contribution in [0.3, 0.4) is 0 Å². The number of thioether (sulfide) groups is 1. The molecule has 112 valence electrons. The topological polar surface area (TPSA) is 34.9 Å². The molecule has 5 heteroatoms. The van der Waals surface area contributed by atoms with Crippen LogP contribution in [-0.4, -0.2) is 9.55 Å². The molecule has 21 heavy (non-hydrogen) atoms. The van der Waals surface area contributed by atoms with Gasteiger partial charge in [0.1, 0.15) is 5.82 Å². The zero-order valence-electron chi connectivity index (χ0n) is 12.7. The molecule has 1 aromatic carbocycles. The lowest BCUT2D eigenvalue weighted by molar-refractivity contribution is 0.542. The number of hydrogen-bond donors (Lipinski definition) is 0. The average molecular weight is 306 g/mol. The molecule has 0 aliphatic carbocycles. The molecule has 1 aromatic heterocycles. The largest absolute Gasteiger partial charge is 0.291 e. The molecule has 0 aliphatic rings. The molecule has 0 saturated carbocycles. The van der Waals surface area contributed by atoms with Crippen LogP contribution in [0, 0.1) is 5.82 Å². The number of halogens is 1. The zero-order valence-corrected chi connectivity index (χ0v) is 13.5. The molecule has 0 fully saturated rings. The second-order valence-electron chi connectivity index (χ2n) is 5.95. The van der Waals surface area contributed by atoms with Crippen molar-refractivity contribution in [3.63, 3.8) is 0 Å². The molecule has 1 heterocycles. The molecule has 0 aliphatic heterocycles. The minimum absolute atomic E-state index is 0.0917. The second-order valence-corrected chi connectivity index (χ2v) is 6.89. The first-order chi connectivity index (χ1) is 9.79. The first-order valence-electron chi connectivity index (χ1n) is 6.74. The Morgan fingerprint density at radius 1 is 1.29 bits per heavy atom.